The number of thiophene rings is 1. The standard InChI is InChI=1S/C11H15ClN2OS/c12-8-5-10(16-7-8)1-2-11(15)14-4-3-9(13)6-14/h5,7,9H,1-4,6,13H2/t9-/m1/s1. The summed E-state index contributed by atoms with van der Waals surface area (Å²) in [6, 6.07) is 2.09. The van der Waals surface area contributed by atoms with Crippen LogP contribution in [0, 0.1) is 0 Å². The number of amides is 1. The van der Waals surface area contributed by atoms with E-state index in [-0.39, 0.29) is 11.9 Å². The zero-order chi connectivity index (χ0) is 11.5. The molecular weight excluding hydrogens is 244 g/mol. The Balaban J connectivity index is 1.80. The van der Waals surface area contributed by atoms with Gasteiger partial charge in [0.1, 0.15) is 0 Å². The van der Waals surface area contributed by atoms with Gasteiger partial charge in [-0.15, -0.1) is 11.3 Å². The first-order valence-corrected chi connectivity index (χ1v) is 6.67. The normalized spacial score (nSPS) is 20.4. The Morgan fingerprint density at radius 3 is 3.06 bits per heavy atom. The molecule has 1 fully saturated rings. The van der Waals surface area contributed by atoms with E-state index in [1.54, 1.807) is 11.3 Å². The minimum atomic E-state index is 0.167. The predicted molar refractivity (Wildman–Crippen MR) is 66.8 cm³/mol. The molecule has 1 aromatic heterocycles. The lowest BCUT2D eigenvalue weighted by Crippen LogP contribution is -2.31. The molecule has 0 bridgehead atoms. The van der Waals surface area contributed by atoms with Crippen molar-refractivity contribution in [1.29, 1.82) is 0 Å². The first kappa shape index (κ1) is 11.9. The number of nitrogens with zero attached hydrogens (tertiary/aromatic N) is 1. The van der Waals surface area contributed by atoms with E-state index in [4.69, 9.17) is 17.3 Å². The number of carbonyl (C=O) groups excluding carboxylic acids is 1. The first-order chi connectivity index (χ1) is 7.65. The van der Waals surface area contributed by atoms with Gasteiger partial charge in [-0.05, 0) is 18.9 Å². The summed E-state index contributed by atoms with van der Waals surface area (Å²) in [5.74, 6) is 0.206. The molecule has 0 spiro atoms. The van der Waals surface area contributed by atoms with Crippen LogP contribution in [-0.4, -0.2) is 29.9 Å². The van der Waals surface area contributed by atoms with Gasteiger partial charge in [-0.1, -0.05) is 11.6 Å². The van der Waals surface area contributed by atoms with E-state index >= 15 is 0 Å². The lowest BCUT2D eigenvalue weighted by Gasteiger charge is -2.15. The number of carbonyl (C=O) groups is 1. The summed E-state index contributed by atoms with van der Waals surface area (Å²) in [4.78, 5) is 14.8. The molecule has 0 aromatic carbocycles. The molecule has 16 heavy (non-hydrogen) atoms. The Bertz CT molecular complexity index is 380. The van der Waals surface area contributed by atoms with Crippen molar-refractivity contribution < 1.29 is 4.79 Å². The van der Waals surface area contributed by atoms with Crippen LogP contribution in [0.3, 0.4) is 0 Å². The largest absolute Gasteiger partial charge is 0.341 e. The van der Waals surface area contributed by atoms with Crippen molar-refractivity contribution in [2.75, 3.05) is 13.1 Å². The number of halogens is 1. The molecule has 0 aliphatic carbocycles. The number of aryl methyl sites for hydroxylation is 1. The molecular formula is C11H15ClN2OS. The van der Waals surface area contributed by atoms with Crippen molar-refractivity contribution in [2.24, 2.45) is 5.73 Å². The van der Waals surface area contributed by atoms with Crippen molar-refractivity contribution >= 4 is 28.8 Å². The Hall–Kier alpha value is -0.580. The quantitative estimate of drug-likeness (QED) is 0.900. The van der Waals surface area contributed by atoms with Gasteiger partial charge in [0.2, 0.25) is 5.91 Å². The molecule has 0 saturated carbocycles. The third-order valence-corrected chi connectivity index (χ3v) is 4.13. The minimum absolute atomic E-state index is 0.167. The maximum Gasteiger partial charge on any atom is 0.222 e. The molecule has 0 radical (unpaired) electrons. The monoisotopic (exact) mass is 258 g/mol. The van der Waals surface area contributed by atoms with E-state index in [2.05, 4.69) is 0 Å². The average molecular weight is 259 g/mol. The molecule has 1 aliphatic rings. The molecule has 2 N–H and O–H groups in total. The van der Waals surface area contributed by atoms with E-state index < -0.39 is 0 Å². The van der Waals surface area contributed by atoms with Crippen molar-refractivity contribution in [3.05, 3.63) is 21.3 Å². The Kier molecular flexibility index (Phi) is 3.84. The van der Waals surface area contributed by atoms with Crippen LogP contribution in [0.25, 0.3) is 0 Å². The summed E-state index contributed by atoms with van der Waals surface area (Å²) < 4.78 is 0. The fourth-order valence-corrected chi connectivity index (χ4v) is 2.96. The highest BCUT2D eigenvalue weighted by Crippen LogP contribution is 2.21. The van der Waals surface area contributed by atoms with Gasteiger partial charge in [0.05, 0.1) is 5.02 Å². The summed E-state index contributed by atoms with van der Waals surface area (Å²) >= 11 is 7.43. The summed E-state index contributed by atoms with van der Waals surface area (Å²) in [6.45, 7) is 1.52. The number of likely N-dealkylation sites (tertiary alicyclic amines) is 1. The third kappa shape index (κ3) is 2.97. The SMILES string of the molecule is N[C@@H]1CCN(C(=O)CCc2cc(Cl)cs2)C1. The van der Waals surface area contributed by atoms with Gasteiger partial charge in [0.25, 0.3) is 0 Å². The van der Waals surface area contributed by atoms with Crippen LogP contribution < -0.4 is 5.73 Å². The lowest BCUT2D eigenvalue weighted by molar-refractivity contribution is -0.130. The van der Waals surface area contributed by atoms with Gasteiger partial charge in [-0.25, -0.2) is 0 Å². The van der Waals surface area contributed by atoms with Gasteiger partial charge in [-0.3, -0.25) is 4.79 Å². The summed E-state index contributed by atoms with van der Waals surface area (Å²) in [7, 11) is 0. The van der Waals surface area contributed by atoms with Crippen LogP contribution in [0.15, 0.2) is 11.4 Å². The zero-order valence-corrected chi connectivity index (χ0v) is 10.6. The van der Waals surface area contributed by atoms with Crippen molar-refractivity contribution in [2.45, 2.75) is 25.3 Å². The van der Waals surface area contributed by atoms with Gasteiger partial charge in [0.15, 0.2) is 0 Å². The second-order valence-corrected chi connectivity index (χ2v) is 5.55. The van der Waals surface area contributed by atoms with Crippen molar-refractivity contribution in [1.82, 2.24) is 4.90 Å². The van der Waals surface area contributed by atoms with Crippen molar-refractivity contribution in [3.63, 3.8) is 0 Å². The number of rotatable bonds is 3. The summed E-state index contributed by atoms with van der Waals surface area (Å²) in [6.07, 6.45) is 2.27. The molecule has 1 aromatic rings. The molecule has 1 amide bonds. The third-order valence-electron chi connectivity index (χ3n) is 2.78. The molecule has 3 nitrogen and oxygen atoms in total. The fourth-order valence-electron chi connectivity index (χ4n) is 1.89. The van der Waals surface area contributed by atoms with Crippen LogP contribution in [0.4, 0.5) is 0 Å². The van der Waals surface area contributed by atoms with Crippen LogP contribution in [0.5, 0.6) is 0 Å². The molecule has 1 saturated heterocycles. The van der Waals surface area contributed by atoms with E-state index in [1.807, 2.05) is 16.3 Å². The van der Waals surface area contributed by atoms with Crippen molar-refractivity contribution in [3.8, 4) is 0 Å². The maximum absolute atomic E-state index is 11.8. The summed E-state index contributed by atoms with van der Waals surface area (Å²) in [5.41, 5.74) is 5.76. The van der Waals surface area contributed by atoms with Crippen LogP contribution in [0.1, 0.15) is 17.7 Å². The molecule has 5 heteroatoms. The van der Waals surface area contributed by atoms with Crippen LogP contribution in [-0.2, 0) is 11.2 Å². The highest BCUT2D eigenvalue weighted by atomic mass is 35.5. The second kappa shape index (κ2) is 5.17. The maximum atomic E-state index is 11.8. The van der Waals surface area contributed by atoms with E-state index in [0.717, 1.165) is 24.4 Å². The van der Waals surface area contributed by atoms with Crippen LogP contribution >= 0.6 is 22.9 Å². The molecule has 88 valence electrons. The highest BCUT2D eigenvalue weighted by molar-refractivity contribution is 7.10. The first-order valence-electron chi connectivity index (χ1n) is 5.41. The van der Waals surface area contributed by atoms with Gasteiger partial charge < -0.3 is 10.6 Å². The Labute approximate surface area is 104 Å². The summed E-state index contributed by atoms with van der Waals surface area (Å²) in [5, 5.41) is 2.66. The van der Waals surface area contributed by atoms with Gasteiger partial charge >= 0.3 is 0 Å². The molecule has 1 atom stereocenters. The second-order valence-electron chi connectivity index (χ2n) is 4.12. The average Bonchev–Trinajstić information content (AvgIpc) is 2.84. The number of nitrogens with two attached hydrogens (primary N) is 1. The molecule has 2 rings (SSSR count). The Morgan fingerprint density at radius 1 is 1.69 bits per heavy atom. The van der Waals surface area contributed by atoms with E-state index in [0.29, 0.717) is 13.0 Å². The smallest absolute Gasteiger partial charge is 0.222 e. The lowest BCUT2D eigenvalue weighted by atomic mass is 10.2. The number of hydrogen-bond donors (Lipinski definition) is 1. The minimum Gasteiger partial charge on any atom is -0.341 e. The zero-order valence-electron chi connectivity index (χ0n) is 8.99. The van der Waals surface area contributed by atoms with E-state index in [9.17, 15) is 4.79 Å². The van der Waals surface area contributed by atoms with Gasteiger partial charge in [-0.2, -0.15) is 0 Å². The molecule has 1 aliphatic heterocycles. The van der Waals surface area contributed by atoms with Gasteiger partial charge in [0, 0.05) is 35.8 Å². The molecule has 2 heterocycles. The molecule has 0 unspecified atom stereocenters. The number of hydrogen-bond acceptors (Lipinski definition) is 3. The topological polar surface area (TPSA) is 46.3 Å². The van der Waals surface area contributed by atoms with Crippen LogP contribution in [0.2, 0.25) is 5.02 Å². The predicted octanol–water partition coefficient (Wildman–Crippen LogP) is 1.89. The fraction of sp³-hybridized carbons (Fsp3) is 0.545. The van der Waals surface area contributed by atoms with E-state index in [1.165, 1.54) is 4.88 Å². The highest BCUT2D eigenvalue weighted by Gasteiger charge is 2.23. The Morgan fingerprint density at radius 2 is 2.50 bits per heavy atom.